The van der Waals surface area contributed by atoms with E-state index in [0.717, 1.165) is 0 Å². The van der Waals surface area contributed by atoms with Crippen molar-refractivity contribution in [3.05, 3.63) is 12.2 Å². The maximum absolute atomic E-state index is 11.0. The number of nitrogens with zero attached hydrogens (tertiary/aromatic N) is 1. The first-order valence-corrected chi connectivity index (χ1v) is 4.23. The van der Waals surface area contributed by atoms with E-state index in [0.29, 0.717) is 18.5 Å². The Morgan fingerprint density at radius 2 is 2.15 bits per heavy atom. The van der Waals surface area contributed by atoms with E-state index in [4.69, 9.17) is 0 Å². The van der Waals surface area contributed by atoms with Gasteiger partial charge in [0.05, 0.1) is 0 Å². The normalized spacial score (nSPS) is 12.7. The van der Waals surface area contributed by atoms with Gasteiger partial charge in [0.25, 0.3) is 0 Å². The minimum Gasteiger partial charge on any atom is -0.378 e. The number of amides is 1. The fourth-order valence-corrected chi connectivity index (χ4v) is 0.724. The zero-order valence-corrected chi connectivity index (χ0v) is 8.50. The summed E-state index contributed by atoms with van der Waals surface area (Å²) in [6.07, 6.45) is 0.0110. The van der Waals surface area contributed by atoms with E-state index < -0.39 is 6.23 Å². The van der Waals surface area contributed by atoms with Crippen LogP contribution >= 0.6 is 0 Å². The van der Waals surface area contributed by atoms with Crippen LogP contribution in [0.2, 0.25) is 0 Å². The molecule has 0 saturated carbocycles. The molecule has 13 heavy (non-hydrogen) atoms. The molecule has 0 aliphatic carbocycles. The molecule has 4 heteroatoms. The number of hydrogen-bond acceptors (Lipinski definition) is 3. The lowest BCUT2D eigenvalue weighted by Crippen LogP contribution is -2.33. The van der Waals surface area contributed by atoms with Crippen molar-refractivity contribution in [2.75, 3.05) is 20.6 Å². The van der Waals surface area contributed by atoms with E-state index in [1.54, 1.807) is 25.9 Å². The number of aliphatic hydroxyl groups excluding tert-OH is 1. The van der Waals surface area contributed by atoms with Gasteiger partial charge < -0.3 is 10.4 Å². The Balaban J connectivity index is 3.56. The van der Waals surface area contributed by atoms with Gasteiger partial charge in [0.1, 0.15) is 6.23 Å². The third-order valence-electron chi connectivity index (χ3n) is 1.67. The van der Waals surface area contributed by atoms with Crippen LogP contribution < -0.4 is 5.32 Å². The van der Waals surface area contributed by atoms with Crippen LogP contribution in [0, 0.1) is 0 Å². The summed E-state index contributed by atoms with van der Waals surface area (Å²) in [5.74, 6) is -0.161. The minimum absolute atomic E-state index is 0.161. The van der Waals surface area contributed by atoms with E-state index in [1.165, 1.54) is 0 Å². The fraction of sp³-hybridized carbons (Fsp3) is 0.667. The zero-order chi connectivity index (χ0) is 10.4. The van der Waals surface area contributed by atoms with E-state index >= 15 is 0 Å². The maximum atomic E-state index is 11.0. The second-order valence-electron chi connectivity index (χ2n) is 3.27. The SMILES string of the molecule is C=C(C)C(=O)NCCC(O)N(C)C. The molecule has 1 atom stereocenters. The van der Waals surface area contributed by atoms with E-state index in [2.05, 4.69) is 11.9 Å². The van der Waals surface area contributed by atoms with Crippen LogP contribution in [0.1, 0.15) is 13.3 Å². The molecule has 0 rings (SSSR count). The quantitative estimate of drug-likeness (QED) is 0.467. The molecule has 4 nitrogen and oxygen atoms in total. The van der Waals surface area contributed by atoms with Gasteiger partial charge in [0.2, 0.25) is 5.91 Å². The van der Waals surface area contributed by atoms with Crippen molar-refractivity contribution in [3.63, 3.8) is 0 Å². The topological polar surface area (TPSA) is 52.6 Å². The van der Waals surface area contributed by atoms with Gasteiger partial charge in [-0.05, 0) is 21.0 Å². The summed E-state index contributed by atoms with van der Waals surface area (Å²) >= 11 is 0. The molecule has 0 radical (unpaired) electrons. The highest BCUT2D eigenvalue weighted by molar-refractivity contribution is 5.91. The molecule has 0 aromatic rings. The van der Waals surface area contributed by atoms with Gasteiger partial charge in [0.15, 0.2) is 0 Å². The Hall–Kier alpha value is -0.870. The van der Waals surface area contributed by atoms with Gasteiger partial charge in [-0.3, -0.25) is 9.69 Å². The van der Waals surface area contributed by atoms with Crippen molar-refractivity contribution in [1.29, 1.82) is 0 Å². The minimum atomic E-state index is -0.509. The summed E-state index contributed by atoms with van der Waals surface area (Å²) in [5.41, 5.74) is 0.486. The molecule has 0 fully saturated rings. The van der Waals surface area contributed by atoms with Crippen molar-refractivity contribution in [3.8, 4) is 0 Å². The molecule has 0 aliphatic rings. The van der Waals surface area contributed by atoms with Crippen molar-refractivity contribution >= 4 is 5.91 Å². The molecule has 2 N–H and O–H groups in total. The predicted molar refractivity (Wildman–Crippen MR) is 52.1 cm³/mol. The van der Waals surface area contributed by atoms with E-state index in [1.807, 2.05) is 0 Å². The van der Waals surface area contributed by atoms with Gasteiger partial charge in [-0.2, -0.15) is 0 Å². The monoisotopic (exact) mass is 186 g/mol. The van der Waals surface area contributed by atoms with Crippen LogP contribution in [0.5, 0.6) is 0 Å². The molecule has 0 spiro atoms. The van der Waals surface area contributed by atoms with Crippen molar-refractivity contribution in [2.45, 2.75) is 19.6 Å². The lowest BCUT2D eigenvalue weighted by Gasteiger charge is -2.18. The Labute approximate surface area is 79.2 Å². The number of nitrogens with one attached hydrogen (secondary N) is 1. The van der Waals surface area contributed by atoms with Crippen molar-refractivity contribution in [2.24, 2.45) is 0 Å². The Bertz CT molecular complexity index is 190. The molecule has 0 aromatic carbocycles. The first-order chi connectivity index (χ1) is 5.95. The molecule has 1 amide bonds. The van der Waals surface area contributed by atoms with E-state index in [9.17, 15) is 9.90 Å². The Kier molecular flexibility index (Phi) is 5.34. The maximum Gasteiger partial charge on any atom is 0.246 e. The molecule has 0 saturated heterocycles. The third kappa shape index (κ3) is 5.38. The molecular weight excluding hydrogens is 168 g/mol. The third-order valence-corrected chi connectivity index (χ3v) is 1.67. The molecule has 0 aliphatic heterocycles. The number of carbonyl (C=O) groups is 1. The fourth-order valence-electron chi connectivity index (χ4n) is 0.724. The lowest BCUT2D eigenvalue weighted by molar-refractivity contribution is -0.117. The van der Waals surface area contributed by atoms with Gasteiger partial charge in [0, 0.05) is 18.5 Å². The van der Waals surface area contributed by atoms with Crippen LogP contribution in [0.25, 0.3) is 0 Å². The summed E-state index contributed by atoms with van der Waals surface area (Å²) in [6.45, 7) is 5.62. The first kappa shape index (κ1) is 12.1. The largest absolute Gasteiger partial charge is 0.378 e. The average molecular weight is 186 g/mol. The van der Waals surface area contributed by atoms with Crippen molar-refractivity contribution in [1.82, 2.24) is 10.2 Å². The highest BCUT2D eigenvalue weighted by Crippen LogP contribution is 1.93. The summed E-state index contributed by atoms with van der Waals surface area (Å²) in [7, 11) is 3.57. The summed E-state index contributed by atoms with van der Waals surface area (Å²) in [4.78, 5) is 12.7. The van der Waals surface area contributed by atoms with Crippen LogP contribution in [0.4, 0.5) is 0 Å². The number of aliphatic hydroxyl groups is 1. The molecule has 0 bridgehead atoms. The zero-order valence-electron chi connectivity index (χ0n) is 8.50. The van der Waals surface area contributed by atoms with Crippen LogP contribution in [-0.2, 0) is 4.79 Å². The summed E-state index contributed by atoms with van der Waals surface area (Å²) in [5, 5.41) is 12.0. The first-order valence-electron chi connectivity index (χ1n) is 4.23. The highest BCUT2D eigenvalue weighted by atomic mass is 16.3. The standard InChI is InChI=1S/C9H18N2O2/c1-7(2)9(13)10-6-5-8(12)11(3)4/h8,12H,1,5-6H2,2-4H3,(H,10,13). The van der Waals surface area contributed by atoms with E-state index in [-0.39, 0.29) is 5.91 Å². The number of hydrogen-bond donors (Lipinski definition) is 2. The van der Waals surface area contributed by atoms with Crippen LogP contribution in [-0.4, -0.2) is 42.8 Å². The van der Waals surface area contributed by atoms with Gasteiger partial charge in [-0.1, -0.05) is 6.58 Å². The predicted octanol–water partition coefficient (Wildman–Crippen LogP) is -0.0512. The lowest BCUT2D eigenvalue weighted by atomic mass is 10.3. The molecule has 0 aromatic heterocycles. The Morgan fingerprint density at radius 3 is 2.54 bits per heavy atom. The Morgan fingerprint density at radius 1 is 1.62 bits per heavy atom. The average Bonchev–Trinajstić information content (AvgIpc) is 2.03. The number of rotatable bonds is 5. The molecule has 0 heterocycles. The van der Waals surface area contributed by atoms with Gasteiger partial charge >= 0.3 is 0 Å². The second kappa shape index (κ2) is 5.72. The van der Waals surface area contributed by atoms with Gasteiger partial charge in [-0.15, -0.1) is 0 Å². The molecule has 76 valence electrons. The van der Waals surface area contributed by atoms with Crippen molar-refractivity contribution < 1.29 is 9.90 Å². The van der Waals surface area contributed by atoms with Gasteiger partial charge in [-0.25, -0.2) is 0 Å². The highest BCUT2D eigenvalue weighted by Gasteiger charge is 2.06. The van der Waals surface area contributed by atoms with Crippen LogP contribution in [0.3, 0.4) is 0 Å². The summed E-state index contributed by atoms with van der Waals surface area (Å²) < 4.78 is 0. The van der Waals surface area contributed by atoms with Crippen LogP contribution in [0.15, 0.2) is 12.2 Å². The second-order valence-corrected chi connectivity index (χ2v) is 3.27. The smallest absolute Gasteiger partial charge is 0.246 e. The molecular formula is C9H18N2O2. The number of carbonyl (C=O) groups excluding carboxylic acids is 1. The molecule has 1 unspecified atom stereocenters. The summed E-state index contributed by atoms with van der Waals surface area (Å²) in [6, 6.07) is 0.